The first-order valence-corrected chi connectivity index (χ1v) is 7.82. The van der Waals surface area contributed by atoms with Gasteiger partial charge < -0.3 is 20.1 Å². The minimum absolute atomic E-state index is 0.278. The SMILES string of the molecule is CCC(NC(=O)C(=O)Nc1cnccc1OC)c1ccc(OC)cc1. The maximum atomic E-state index is 12.2. The van der Waals surface area contributed by atoms with Crippen LogP contribution in [-0.2, 0) is 9.59 Å². The largest absolute Gasteiger partial charge is 0.497 e. The molecular formula is C18H21N3O4. The smallest absolute Gasteiger partial charge is 0.313 e. The molecule has 0 radical (unpaired) electrons. The molecule has 1 aromatic carbocycles. The van der Waals surface area contributed by atoms with Gasteiger partial charge in [-0.15, -0.1) is 0 Å². The molecule has 7 nitrogen and oxygen atoms in total. The van der Waals surface area contributed by atoms with Crippen LogP contribution in [0.15, 0.2) is 42.7 Å². The number of ether oxygens (including phenoxy) is 2. The van der Waals surface area contributed by atoms with Crippen LogP contribution in [0.3, 0.4) is 0 Å². The van der Waals surface area contributed by atoms with E-state index >= 15 is 0 Å². The third-order valence-corrected chi connectivity index (χ3v) is 3.69. The number of carbonyl (C=O) groups excluding carboxylic acids is 2. The van der Waals surface area contributed by atoms with E-state index in [9.17, 15) is 9.59 Å². The van der Waals surface area contributed by atoms with Crippen molar-refractivity contribution in [3.05, 3.63) is 48.3 Å². The van der Waals surface area contributed by atoms with Gasteiger partial charge in [0.15, 0.2) is 0 Å². The average Bonchev–Trinajstić information content (AvgIpc) is 2.66. The fourth-order valence-corrected chi connectivity index (χ4v) is 2.31. The third-order valence-electron chi connectivity index (χ3n) is 3.69. The van der Waals surface area contributed by atoms with Crippen LogP contribution in [0.5, 0.6) is 11.5 Å². The van der Waals surface area contributed by atoms with Crippen molar-refractivity contribution in [3.8, 4) is 11.5 Å². The van der Waals surface area contributed by atoms with E-state index in [1.54, 1.807) is 13.2 Å². The Hall–Kier alpha value is -3.09. The molecule has 1 unspecified atom stereocenters. The summed E-state index contributed by atoms with van der Waals surface area (Å²) >= 11 is 0. The van der Waals surface area contributed by atoms with Crippen molar-refractivity contribution >= 4 is 17.5 Å². The van der Waals surface area contributed by atoms with E-state index in [-0.39, 0.29) is 6.04 Å². The van der Waals surface area contributed by atoms with Gasteiger partial charge in [0.25, 0.3) is 0 Å². The second-order valence-electron chi connectivity index (χ2n) is 5.24. The monoisotopic (exact) mass is 343 g/mol. The molecule has 0 spiro atoms. The van der Waals surface area contributed by atoms with Gasteiger partial charge >= 0.3 is 11.8 Å². The molecule has 7 heteroatoms. The van der Waals surface area contributed by atoms with E-state index < -0.39 is 11.8 Å². The lowest BCUT2D eigenvalue weighted by molar-refractivity contribution is -0.136. The molecule has 1 aromatic heterocycles. The number of amides is 2. The van der Waals surface area contributed by atoms with Crippen LogP contribution in [0, 0.1) is 0 Å². The Morgan fingerprint density at radius 3 is 2.40 bits per heavy atom. The van der Waals surface area contributed by atoms with Crippen molar-refractivity contribution in [3.63, 3.8) is 0 Å². The molecule has 2 aromatic rings. The van der Waals surface area contributed by atoms with Crippen LogP contribution in [-0.4, -0.2) is 31.0 Å². The standard InChI is InChI=1S/C18H21N3O4/c1-4-14(12-5-7-13(24-2)8-6-12)20-17(22)18(23)21-15-11-19-10-9-16(15)25-3/h5-11,14H,4H2,1-3H3,(H,20,22)(H,21,23). The van der Waals surface area contributed by atoms with Crippen molar-refractivity contribution in [2.24, 2.45) is 0 Å². The summed E-state index contributed by atoms with van der Waals surface area (Å²) in [4.78, 5) is 28.2. The summed E-state index contributed by atoms with van der Waals surface area (Å²) in [7, 11) is 3.06. The maximum absolute atomic E-state index is 12.2. The molecule has 0 aliphatic carbocycles. The Morgan fingerprint density at radius 2 is 1.80 bits per heavy atom. The summed E-state index contributed by atoms with van der Waals surface area (Å²) in [5, 5.41) is 5.23. The van der Waals surface area contributed by atoms with Gasteiger partial charge in [-0.3, -0.25) is 14.6 Å². The number of hydrogen-bond acceptors (Lipinski definition) is 5. The molecule has 1 heterocycles. The lowest BCUT2D eigenvalue weighted by Gasteiger charge is -2.17. The van der Waals surface area contributed by atoms with Crippen molar-refractivity contribution in [2.75, 3.05) is 19.5 Å². The second kappa shape index (κ2) is 8.68. The number of nitrogens with zero attached hydrogens (tertiary/aromatic N) is 1. The molecule has 0 aliphatic rings. The molecular weight excluding hydrogens is 322 g/mol. The predicted octanol–water partition coefficient (Wildman–Crippen LogP) is 2.30. The number of anilines is 1. The first-order valence-electron chi connectivity index (χ1n) is 7.82. The zero-order chi connectivity index (χ0) is 18.2. The van der Waals surface area contributed by atoms with Crippen LogP contribution in [0.25, 0.3) is 0 Å². The Kier molecular flexibility index (Phi) is 6.33. The van der Waals surface area contributed by atoms with E-state index in [4.69, 9.17) is 9.47 Å². The summed E-state index contributed by atoms with van der Waals surface area (Å²) in [5.74, 6) is -0.350. The highest BCUT2D eigenvalue weighted by atomic mass is 16.5. The van der Waals surface area contributed by atoms with E-state index in [1.165, 1.54) is 19.5 Å². The lowest BCUT2D eigenvalue weighted by atomic mass is 10.0. The highest BCUT2D eigenvalue weighted by Crippen LogP contribution is 2.22. The molecule has 0 saturated heterocycles. The summed E-state index contributed by atoms with van der Waals surface area (Å²) < 4.78 is 10.2. The quantitative estimate of drug-likeness (QED) is 0.786. The summed E-state index contributed by atoms with van der Waals surface area (Å²) in [6.07, 6.45) is 3.59. The van der Waals surface area contributed by atoms with E-state index in [0.29, 0.717) is 17.9 Å². The fraction of sp³-hybridized carbons (Fsp3) is 0.278. The second-order valence-corrected chi connectivity index (χ2v) is 5.24. The number of aromatic nitrogens is 1. The van der Waals surface area contributed by atoms with Crippen LogP contribution >= 0.6 is 0 Å². The van der Waals surface area contributed by atoms with Crippen LogP contribution in [0.4, 0.5) is 5.69 Å². The molecule has 0 saturated carbocycles. The van der Waals surface area contributed by atoms with Gasteiger partial charge in [0, 0.05) is 12.3 Å². The van der Waals surface area contributed by atoms with Gasteiger partial charge in [-0.2, -0.15) is 0 Å². The van der Waals surface area contributed by atoms with E-state index in [0.717, 1.165) is 11.3 Å². The number of carbonyl (C=O) groups is 2. The van der Waals surface area contributed by atoms with Gasteiger partial charge in [0.05, 0.1) is 26.5 Å². The molecule has 2 amide bonds. The Balaban J connectivity index is 2.04. The van der Waals surface area contributed by atoms with E-state index in [1.807, 2.05) is 31.2 Å². The molecule has 1 atom stereocenters. The van der Waals surface area contributed by atoms with Gasteiger partial charge in [0.2, 0.25) is 0 Å². The number of hydrogen-bond donors (Lipinski definition) is 2. The van der Waals surface area contributed by atoms with Gasteiger partial charge in [-0.25, -0.2) is 0 Å². The molecule has 25 heavy (non-hydrogen) atoms. The summed E-state index contributed by atoms with van der Waals surface area (Å²) in [6, 6.07) is 8.65. The highest BCUT2D eigenvalue weighted by Gasteiger charge is 2.20. The Labute approximate surface area is 146 Å². The van der Waals surface area contributed by atoms with Crippen molar-refractivity contribution in [1.29, 1.82) is 0 Å². The van der Waals surface area contributed by atoms with Crippen LogP contribution in [0.2, 0.25) is 0 Å². The predicted molar refractivity (Wildman–Crippen MR) is 93.6 cm³/mol. The number of rotatable bonds is 6. The molecule has 2 N–H and O–H groups in total. The minimum Gasteiger partial charge on any atom is -0.497 e. The normalized spacial score (nSPS) is 11.3. The van der Waals surface area contributed by atoms with E-state index in [2.05, 4.69) is 15.6 Å². The van der Waals surface area contributed by atoms with Crippen LogP contribution < -0.4 is 20.1 Å². The van der Waals surface area contributed by atoms with Crippen molar-refractivity contribution in [2.45, 2.75) is 19.4 Å². The summed E-state index contributed by atoms with van der Waals surface area (Å²) in [6.45, 7) is 1.93. The van der Waals surface area contributed by atoms with Crippen LogP contribution in [0.1, 0.15) is 24.9 Å². The molecule has 2 rings (SSSR count). The van der Waals surface area contributed by atoms with Gasteiger partial charge in [-0.05, 0) is 24.1 Å². The summed E-state index contributed by atoms with van der Waals surface area (Å²) in [5.41, 5.74) is 1.23. The third kappa shape index (κ3) is 4.69. The zero-order valence-corrected chi connectivity index (χ0v) is 14.4. The fourth-order valence-electron chi connectivity index (χ4n) is 2.31. The molecule has 132 valence electrons. The molecule has 0 fully saturated rings. The minimum atomic E-state index is -0.779. The number of pyridine rings is 1. The number of methoxy groups -OCH3 is 2. The first kappa shape index (κ1) is 18.3. The molecule has 0 aliphatic heterocycles. The highest BCUT2D eigenvalue weighted by molar-refractivity contribution is 6.39. The first-order chi connectivity index (χ1) is 12.1. The number of nitrogens with one attached hydrogen (secondary N) is 2. The Bertz CT molecular complexity index is 731. The van der Waals surface area contributed by atoms with Crippen molar-refractivity contribution in [1.82, 2.24) is 10.3 Å². The molecule has 0 bridgehead atoms. The Morgan fingerprint density at radius 1 is 1.08 bits per heavy atom. The topological polar surface area (TPSA) is 89.6 Å². The van der Waals surface area contributed by atoms with Gasteiger partial charge in [-0.1, -0.05) is 19.1 Å². The van der Waals surface area contributed by atoms with Gasteiger partial charge in [0.1, 0.15) is 17.2 Å². The zero-order valence-electron chi connectivity index (χ0n) is 14.4. The average molecular weight is 343 g/mol. The number of benzene rings is 1. The lowest BCUT2D eigenvalue weighted by Crippen LogP contribution is -2.37. The van der Waals surface area contributed by atoms with Crippen molar-refractivity contribution < 1.29 is 19.1 Å². The maximum Gasteiger partial charge on any atom is 0.313 e.